The van der Waals surface area contributed by atoms with Crippen molar-refractivity contribution in [2.45, 2.75) is 25.7 Å². The van der Waals surface area contributed by atoms with Gasteiger partial charge in [-0.05, 0) is 19.3 Å². The van der Waals surface area contributed by atoms with E-state index in [-0.39, 0.29) is 11.7 Å². The molecule has 2 heterocycles. The monoisotopic (exact) mass is 279 g/mol. The Morgan fingerprint density at radius 3 is 2.79 bits per heavy atom. The van der Waals surface area contributed by atoms with Gasteiger partial charge in [-0.1, -0.05) is 0 Å². The molecule has 0 unspecified atom stereocenters. The van der Waals surface area contributed by atoms with E-state index in [9.17, 15) is 9.59 Å². The summed E-state index contributed by atoms with van der Waals surface area (Å²) in [5.41, 5.74) is 0.649. The number of nitrogens with zero attached hydrogens (tertiary/aromatic N) is 3. The molecule has 1 aromatic heterocycles. The van der Waals surface area contributed by atoms with Crippen LogP contribution in [-0.2, 0) is 11.2 Å². The molecule has 0 radical (unpaired) electrons. The first-order valence-corrected chi connectivity index (χ1v) is 7.48. The van der Waals surface area contributed by atoms with Crippen LogP contribution in [0.25, 0.3) is 0 Å². The summed E-state index contributed by atoms with van der Waals surface area (Å²) in [5.74, 6) is 0.277. The number of Topliss-reactive ketones (excluding diaryl/α,β-unsaturated/α-hetero) is 1. The first kappa shape index (κ1) is 12.6. The van der Waals surface area contributed by atoms with Gasteiger partial charge >= 0.3 is 0 Å². The molecule has 1 fully saturated rings. The third-order valence-electron chi connectivity index (χ3n) is 3.70. The number of carbonyl (C=O) groups excluding carboxylic acids is 2. The van der Waals surface area contributed by atoms with E-state index < -0.39 is 0 Å². The first-order chi connectivity index (χ1) is 9.15. The van der Waals surface area contributed by atoms with Crippen molar-refractivity contribution in [3.8, 4) is 0 Å². The summed E-state index contributed by atoms with van der Waals surface area (Å²) < 4.78 is 0. The van der Waals surface area contributed by atoms with Gasteiger partial charge < -0.3 is 9.80 Å². The standard InChI is InChI=1S/C13H17N3O2S/c1-15-6-3-7-16(8-11(15)18)13-14-12-9(17)4-2-5-10(12)19-13/h2-8H2,1H3. The van der Waals surface area contributed by atoms with Gasteiger partial charge in [0.1, 0.15) is 5.69 Å². The Labute approximate surface area is 116 Å². The second kappa shape index (κ2) is 4.92. The number of aryl methyl sites for hydroxylation is 1. The van der Waals surface area contributed by atoms with Gasteiger partial charge in [0.25, 0.3) is 0 Å². The second-order valence-electron chi connectivity index (χ2n) is 5.14. The number of carbonyl (C=O) groups is 2. The molecule has 1 aromatic rings. The van der Waals surface area contributed by atoms with Crippen LogP contribution < -0.4 is 4.90 Å². The molecule has 0 saturated carbocycles. The SMILES string of the molecule is CN1CCCN(c2nc3c(s2)CCCC3=O)CC1=O. The Morgan fingerprint density at radius 1 is 1.16 bits per heavy atom. The molecular weight excluding hydrogens is 262 g/mol. The summed E-state index contributed by atoms with van der Waals surface area (Å²) in [6.07, 6.45) is 3.42. The maximum Gasteiger partial charge on any atom is 0.241 e. The lowest BCUT2D eigenvalue weighted by Gasteiger charge is -2.18. The average molecular weight is 279 g/mol. The van der Waals surface area contributed by atoms with E-state index >= 15 is 0 Å². The third-order valence-corrected chi connectivity index (χ3v) is 4.88. The van der Waals surface area contributed by atoms with Gasteiger partial charge in [0, 0.05) is 31.4 Å². The second-order valence-corrected chi connectivity index (χ2v) is 6.20. The summed E-state index contributed by atoms with van der Waals surface area (Å²) in [7, 11) is 1.84. The molecule has 1 saturated heterocycles. The molecular formula is C13H17N3O2S. The number of aromatic nitrogens is 1. The number of anilines is 1. The van der Waals surface area contributed by atoms with E-state index in [4.69, 9.17) is 0 Å². The van der Waals surface area contributed by atoms with Crippen molar-refractivity contribution >= 4 is 28.2 Å². The van der Waals surface area contributed by atoms with Crippen molar-refractivity contribution in [1.29, 1.82) is 0 Å². The number of hydrogen-bond donors (Lipinski definition) is 0. The van der Waals surface area contributed by atoms with Gasteiger partial charge in [-0.15, -0.1) is 11.3 Å². The number of thiazole rings is 1. The molecule has 5 nitrogen and oxygen atoms in total. The van der Waals surface area contributed by atoms with Crippen molar-refractivity contribution in [1.82, 2.24) is 9.88 Å². The zero-order valence-corrected chi connectivity index (χ0v) is 11.8. The van der Waals surface area contributed by atoms with E-state index in [0.717, 1.165) is 42.4 Å². The topological polar surface area (TPSA) is 53.5 Å². The normalized spacial score (nSPS) is 20.5. The van der Waals surface area contributed by atoms with Crippen LogP contribution in [-0.4, -0.2) is 48.3 Å². The maximum atomic E-state index is 11.9. The highest BCUT2D eigenvalue weighted by atomic mass is 32.1. The molecule has 102 valence electrons. The first-order valence-electron chi connectivity index (χ1n) is 6.67. The van der Waals surface area contributed by atoms with E-state index in [1.165, 1.54) is 0 Å². The minimum atomic E-state index is 0.122. The van der Waals surface area contributed by atoms with E-state index in [0.29, 0.717) is 18.7 Å². The lowest BCUT2D eigenvalue weighted by Crippen LogP contribution is -2.34. The summed E-state index contributed by atoms with van der Waals surface area (Å²) in [5, 5.41) is 0.837. The van der Waals surface area contributed by atoms with Crippen molar-refractivity contribution in [3.63, 3.8) is 0 Å². The van der Waals surface area contributed by atoms with Crippen LogP contribution in [0.5, 0.6) is 0 Å². The Bertz CT molecular complexity index is 526. The van der Waals surface area contributed by atoms with Gasteiger partial charge in [0.05, 0.1) is 6.54 Å². The van der Waals surface area contributed by atoms with Gasteiger partial charge in [0.2, 0.25) is 5.91 Å². The van der Waals surface area contributed by atoms with E-state index in [1.807, 2.05) is 11.9 Å². The van der Waals surface area contributed by atoms with Gasteiger partial charge in [-0.3, -0.25) is 9.59 Å². The number of likely N-dealkylation sites (N-methyl/N-ethyl adjacent to an activating group) is 1. The number of fused-ring (bicyclic) bond motifs is 1. The zero-order valence-electron chi connectivity index (χ0n) is 11.0. The van der Waals surface area contributed by atoms with Crippen molar-refractivity contribution in [2.24, 2.45) is 0 Å². The highest BCUT2D eigenvalue weighted by Crippen LogP contribution is 2.32. The summed E-state index contributed by atoms with van der Waals surface area (Å²) in [6, 6.07) is 0. The fourth-order valence-electron chi connectivity index (χ4n) is 2.54. The quantitative estimate of drug-likeness (QED) is 0.778. The molecule has 6 heteroatoms. The summed E-state index contributed by atoms with van der Waals surface area (Å²) in [6.45, 7) is 1.99. The van der Waals surface area contributed by atoms with Crippen LogP contribution in [0.3, 0.4) is 0 Å². The molecule has 3 rings (SSSR count). The fraction of sp³-hybridized carbons (Fsp3) is 0.615. The molecule has 1 amide bonds. The van der Waals surface area contributed by atoms with E-state index in [1.54, 1.807) is 16.2 Å². The highest BCUT2D eigenvalue weighted by Gasteiger charge is 2.26. The number of hydrogen-bond acceptors (Lipinski definition) is 5. The van der Waals surface area contributed by atoms with Crippen LogP contribution in [0.4, 0.5) is 5.13 Å². The van der Waals surface area contributed by atoms with Crippen molar-refractivity contribution in [3.05, 3.63) is 10.6 Å². The van der Waals surface area contributed by atoms with Crippen LogP contribution in [0.2, 0.25) is 0 Å². The molecule has 19 heavy (non-hydrogen) atoms. The molecule has 0 N–H and O–H groups in total. The smallest absolute Gasteiger partial charge is 0.241 e. The number of ketones is 1. The molecule has 0 bridgehead atoms. The fourth-order valence-corrected chi connectivity index (χ4v) is 3.68. The predicted octanol–water partition coefficient (Wildman–Crippen LogP) is 1.33. The van der Waals surface area contributed by atoms with Crippen LogP contribution >= 0.6 is 11.3 Å². The Balaban J connectivity index is 1.86. The van der Waals surface area contributed by atoms with Gasteiger partial charge in [-0.25, -0.2) is 4.98 Å². The van der Waals surface area contributed by atoms with Gasteiger partial charge in [-0.2, -0.15) is 0 Å². The largest absolute Gasteiger partial charge is 0.344 e. The van der Waals surface area contributed by atoms with Crippen molar-refractivity contribution in [2.75, 3.05) is 31.6 Å². The predicted molar refractivity (Wildman–Crippen MR) is 73.8 cm³/mol. The molecule has 1 aliphatic heterocycles. The van der Waals surface area contributed by atoms with E-state index in [2.05, 4.69) is 4.98 Å². The molecule has 0 spiro atoms. The van der Waals surface area contributed by atoms with Crippen LogP contribution in [0.1, 0.15) is 34.6 Å². The van der Waals surface area contributed by atoms with Crippen LogP contribution in [0, 0.1) is 0 Å². The Kier molecular flexibility index (Phi) is 3.26. The summed E-state index contributed by atoms with van der Waals surface area (Å²) >= 11 is 1.58. The average Bonchev–Trinajstić information content (AvgIpc) is 2.75. The Morgan fingerprint density at radius 2 is 2.00 bits per heavy atom. The molecule has 2 aliphatic rings. The lowest BCUT2D eigenvalue weighted by atomic mass is 10.0. The number of amides is 1. The third kappa shape index (κ3) is 2.36. The number of rotatable bonds is 1. The molecule has 0 aromatic carbocycles. The van der Waals surface area contributed by atoms with Gasteiger partial charge in [0.15, 0.2) is 10.9 Å². The zero-order chi connectivity index (χ0) is 13.4. The lowest BCUT2D eigenvalue weighted by molar-refractivity contribution is -0.127. The Hall–Kier alpha value is -1.43. The summed E-state index contributed by atoms with van der Waals surface area (Å²) in [4.78, 5) is 33.1. The minimum absolute atomic E-state index is 0.122. The molecule has 1 aliphatic carbocycles. The van der Waals surface area contributed by atoms with Crippen molar-refractivity contribution < 1.29 is 9.59 Å². The molecule has 0 atom stereocenters. The minimum Gasteiger partial charge on any atom is -0.344 e. The highest BCUT2D eigenvalue weighted by molar-refractivity contribution is 7.16. The van der Waals surface area contributed by atoms with Crippen LogP contribution in [0.15, 0.2) is 0 Å². The maximum absolute atomic E-state index is 11.9.